The molecule has 196 valence electrons. The van der Waals surface area contributed by atoms with Gasteiger partial charge in [0.2, 0.25) is 5.91 Å². The van der Waals surface area contributed by atoms with E-state index in [0.29, 0.717) is 43.6 Å². The first-order valence-electron chi connectivity index (χ1n) is 12.8. The number of ether oxygens (including phenoxy) is 1. The van der Waals surface area contributed by atoms with Crippen LogP contribution in [0.4, 0.5) is 4.39 Å². The molecule has 38 heavy (non-hydrogen) atoms. The fourth-order valence-corrected chi connectivity index (χ4v) is 5.22. The predicted octanol–water partition coefficient (Wildman–Crippen LogP) is 3.92. The molecule has 2 heterocycles. The van der Waals surface area contributed by atoms with Crippen LogP contribution in [-0.2, 0) is 16.1 Å². The zero-order valence-electron chi connectivity index (χ0n) is 21.2. The Morgan fingerprint density at radius 3 is 2.32 bits per heavy atom. The maximum Gasteiger partial charge on any atom is 0.256 e. The van der Waals surface area contributed by atoms with Crippen molar-refractivity contribution in [3.8, 4) is 0 Å². The molecule has 1 unspecified atom stereocenters. The number of hydrogen-bond acceptors (Lipinski definition) is 4. The fourth-order valence-electron chi connectivity index (χ4n) is 5.22. The van der Waals surface area contributed by atoms with Crippen LogP contribution >= 0.6 is 0 Å². The van der Waals surface area contributed by atoms with Crippen molar-refractivity contribution < 1.29 is 23.5 Å². The first kappa shape index (κ1) is 25.6. The number of likely N-dealkylation sites (tertiary alicyclic amines) is 1. The van der Waals surface area contributed by atoms with Crippen LogP contribution in [0.15, 0.2) is 78.9 Å². The molecule has 0 bridgehead atoms. The van der Waals surface area contributed by atoms with Crippen molar-refractivity contribution in [3.63, 3.8) is 0 Å². The molecule has 3 aromatic rings. The van der Waals surface area contributed by atoms with Crippen LogP contribution in [0.1, 0.15) is 44.7 Å². The molecule has 2 aliphatic rings. The minimum absolute atomic E-state index is 0.0735. The standard InChI is InChI=1S/C30H30FN3O4/c1-21-6-5-9-24(18-21)29(37)34-26(27(35)32-19-22-7-3-2-4-8-22)20-38-30(34)14-16-33(17-15-30)28(36)23-10-12-25(31)13-11-23/h2-13,18,26H,14-17,19-20H2,1H3,(H,32,35). The maximum absolute atomic E-state index is 13.9. The van der Waals surface area contributed by atoms with E-state index in [1.165, 1.54) is 24.3 Å². The Balaban J connectivity index is 1.36. The molecule has 0 aliphatic carbocycles. The zero-order valence-corrected chi connectivity index (χ0v) is 21.2. The quantitative estimate of drug-likeness (QED) is 0.559. The lowest BCUT2D eigenvalue weighted by atomic mass is 9.95. The molecule has 2 aliphatic heterocycles. The summed E-state index contributed by atoms with van der Waals surface area (Å²) in [4.78, 5) is 43.5. The van der Waals surface area contributed by atoms with Gasteiger partial charge in [-0.1, -0.05) is 48.0 Å². The Hall–Kier alpha value is -4.04. The van der Waals surface area contributed by atoms with Gasteiger partial charge in [-0.2, -0.15) is 0 Å². The highest BCUT2D eigenvalue weighted by molar-refractivity contribution is 5.99. The molecule has 0 aromatic heterocycles. The van der Waals surface area contributed by atoms with Crippen molar-refractivity contribution in [1.82, 2.24) is 15.1 Å². The van der Waals surface area contributed by atoms with Crippen LogP contribution in [0.3, 0.4) is 0 Å². The summed E-state index contributed by atoms with van der Waals surface area (Å²) >= 11 is 0. The number of benzene rings is 3. The highest BCUT2D eigenvalue weighted by atomic mass is 19.1. The molecule has 2 fully saturated rings. The van der Waals surface area contributed by atoms with Gasteiger partial charge in [0.05, 0.1) is 6.61 Å². The Kier molecular flexibility index (Phi) is 7.24. The summed E-state index contributed by atoms with van der Waals surface area (Å²) in [7, 11) is 0. The number of rotatable bonds is 5. The monoisotopic (exact) mass is 515 g/mol. The molecule has 5 rings (SSSR count). The number of carbonyl (C=O) groups is 3. The number of halogens is 1. The molecule has 2 saturated heterocycles. The molecule has 3 aromatic carbocycles. The Labute approximate surface area is 221 Å². The van der Waals surface area contributed by atoms with Crippen molar-refractivity contribution in [3.05, 3.63) is 107 Å². The van der Waals surface area contributed by atoms with E-state index >= 15 is 0 Å². The molecule has 0 radical (unpaired) electrons. The average Bonchev–Trinajstić information content (AvgIpc) is 3.30. The number of amides is 3. The summed E-state index contributed by atoms with van der Waals surface area (Å²) in [5.41, 5.74) is 1.78. The molecule has 3 amide bonds. The Morgan fingerprint density at radius 2 is 1.63 bits per heavy atom. The van der Waals surface area contributed by atoms with Gasteiger partial charge in [0, 0.05) is 43.6 Å². The van der Waals surface area contributed by atoms with Crippen LogP contribution in [0.5, 0.6) is 0 Å². The molecular weight excluding hydrogens is 485 g/mol. The molecule has 1 N–H and O–H groups in total. The van der Waals surface area contributed by atoms with E-state index in [1.807, 2.05) is 49.4 Å². The average molecular weight is 516 g/mol. The molecule has 8 heteroatoms. The highest BCUT2D eigenvalue weighted by Crippen LogP contribution is 2.39. The minimum Gasteiger partial charge on any atom is -0.353 e. The van der Waals surface area contributed by atoms with E-state index in [0.717, 1.165) is 11.1 Å². The third-order valence-corrected chi connectivity index (χ3v) is 7.28. The van der Waals surface area contributed by atoms with E-state index in [4.69, 9.17) is 4.74 Å². The van der Waals surface area contributed by atoms with Crippen molar-refractivity contribution in [1.29, 1.82) is 0 Å². The Bertz CT molecular complexity index is 1320. The van der Waals surface area contributed by atoms with Crippen molar-refractivity contribution >= 4 is 17.7 Å². The number of aryl methyl sites for hydroxylation is 1. The minimum atomic E-state index is -1.00. The molecule has 7 nitrogen and oxygen atoms in total. The third-order valence-electron chi connectivity index (χ3n) is 7.28. The summed E-state index contributed by atoms with van der Waals surface area (Å²) in [6.07, 6.45) is 0.722. The third kappa shape index (κ3) is 5.17. The van der Waals surface area contributed by atoms with Gasteiger partial charge in [-0.25, -0.2) is 4.39 Å². The largest absolute Gasteiger partial charge is 0.353 e. The second-order valence-corrected chi connectivity index (χ2v) is 9.82. The number of piperidine rings is 1. The summed E-state index contributed by atoms with van der Waals surface area (Å²) in [6, 6.07) is 21.5. The van der Waals surface area contributed by atoms with Gasteiger partial charge in [0.15, 0.2) is 0 Å². The summed E-state index contributed by atoms with van der Waals surface area (Å²) in [5.74, 6) is -1.16. The highest BCUT2D eigenvalue weighted by Gasteiger charge is 2.54. The van der Waals surface area contributed by atoms with E-state index < -0.39 is 17.6 Å². The van der Waals surface area contributed by atoms with Gasteiger partial charge in [-0.05, 0) is 48.9 Å². The summed E-state index contributed by atoms with van der Waals surface area (Å²) in [5, 5.41) is 2.96. The smallest absolute Gasteiger partial charge is 0.256 e. The lowest BCUT2D eigenvalue weighted by Crippen LogP contribution is -2.59. The van der Waals surface area contributed by atoms with E-state index in [9.17, 15) is 18.8 Å². The molecule has 1 atom stereocenters. The second-order valence-electron chi connectivity index (χ2n) is 9.82. The van der Waals surface area contributed by atoms with Crippen LogP contribution < -0.4 is 5.32 Å². The summed E-state index contributed by atoms with van der Waals surface area (Å²) < 4.78 is 19.6. The number of carbonyl (C=O) groups excluding carboxylic acids is 3. The Morgan fingerprint density at radius 1 is 0.921 bits per heavy atom. The van der Waals surface area contributed by atoms with Gasteiger partial charge in [-0.3, -0.25) is 19.3 Å². The van der Waals surface area contributed by atoms with Gasteiger partial charge in [-0.15, -0.1) is 0 Å². The van der Waals surface area contributed by atoms with Gasteiger partial charge < -0.3 is 15.0 Å². The molecule has 0 saturated carbocycles. The first-order chi connectivity index (χ1) is 18.4. The van der Waals surface area contributed by atoms with Gasteiger partial charge in [0.25, 0.3) is 11.8 Å². The van der Waals surface area contributed by atoms with Crippen LogP contribution in [0, 0.1) is 12.7 Å². The zero-order chi connectivity index (χ0) is 26.7. The van der Waals surface area contributed by atoms with E-state index in [-0.39, 0.29) is 24.3 Å². The van der Waals surface area contributed by atoms with Crippen LogP contribution in [0.2, 0.25) is 0 Å². The normalized spacial score (nSPS) is 18.4. The number of nitrogens with zero attached hydrogens (tertiary/aromatic N) is 2. The van der Waals surface area contributed by atoms with E-state index in [1.54, 1.807) is 21.9 Å². The van der Waals surface area contributed by atoms with Crippen molar-refractivity contribution in [2.45, 2.75) is 38.1 Å². The van der Waals surface area contributed by atoms with Gasteiger partial charge in [0.1, 0.15) is 17.6 Å². The summed E-state index contributed by atoms with van der Waals surface area (Å²) in [6.45, 7) is 3.01. The van der Waals surface area contributed by atoms with Crippen molar-refractivity contribution in [2.75, 3.05) is 19.7 Å². The lowest BCUT2D eigenvalue weighted by molar-refractivity contribution is -0.128. The molecule has 1 spiro atoms. The number of hydrogen-bond donors (Lipinski definition) is 1. The van der Waals surface area contributed by atoms with E-state index in [2.05, 4.69) is 5.32 Å². The van der Waals surface area contributed by atoms with Crippen LogP contribution in [0.25, 0.3) is 0 Å². The topological polar surface area (TPSA) is 79.0 Å². The SMILES string of the molecule is Cc1cccc(C(=O)N2C(C(=O)NCc3ccccc3)COC23CCN(C(=O)c2ccc(F)cc2)CC3)c1. The van der Waals surface area contributed by atoms with Crippen molar-refractivity contribution in [2.24, 2.45) is 0 Å². The predicted molar refractivity (Wildman–Crippen MR) is 140 cm³/mol. The van der Waals surface area contributed by atoms with Gasteiger partial charge >= 0.3 is 0 Å². The maximum atomic E-state index is 13.9. The lowest BCUT2D eigenvalue weighted by Gasteiger charge is -2.44. The second kappa shape index (κ2) is 10.8. The van der Waals surface area contributed by atoms with Crippen LogP contribution in [-0.4, -0.2) is 59.0 Å². The number of nitrogens with one attached hydrogen (secondary N) is 1. The first-order valence-corrected chi connectivity index (χ1v) is 12.8. The fraction of sp³-hybridized carbons (Fsp3) is 0.300. The molecular formula is C30H30FN3O4.